The van der Waals surface area contributed by atoms with E-state index in [0.717, 1.165) is 37.3 Å². The molecule has 0 saturated carbocycles. The van der Waals surface area contributed by atoms with Crippen LogP contribution in [0.4, 0.5) is 4.79 Å². The first-order chi connectivity index (χ1) is 12.8. The minimum atomic E-state index is -0.356. The topological polar surface area (TPSA) is 71.8 Å². The zero-order valence-corrected chi connectivity index (χ0v) is 14.4. The molecule has 0 radical (unpaired) electrons. The summed E-state index contributed by atoms with van der Waals surface area (Å²) in [6, 6.07) is 13.9. The van der Waals surface area contributed by atoms with E-state index in [9.17, 15) is 4.79 Å². The first kappa shape index (κ1) is 16.5. The lowest BCUT2D eigenvalue weighted by molar-refractivity contribution is 0.135. The summed E-state index contributed by atoms with van der Waals surface area (Å²) in [4.78, 5) is 18.5. The molecule has 1 saturated heterocycles. The Morgan fingerprint density at radius 2 is 2.12 bits per heavy atom. The summed E-state index contributed by atoms with van der Waals surface area (Å²) < 4.78 is 7.05. The first-order valence-electron chi connectivity index (χ1n) is 8.74. The number of benzene rings is 1. The van der Waals surface area contributed by atoms with E-state index in [2.05, 4.69) is 26.4 Å². The molecule has 1 aromatic carbocycles. The summed E-state index contributed by atoms with van der Waals surface area (Å²) in [5.74, 6) is 0. The van der Waals surface area contributed by atoms with Crippen LogP contribution in [0.2, 0.25) is 0 Å². The van der Waals surface area contributed by atoms with Crippen LogP contribution in [0.25, 0.3) is 5.65 Å². The maximum atomic E-state index is 12.0. The highest BCUT2D eigenvalue weighted by Gasteiger charge is 2.24. The third kappa shape index (κ3) is 4.00. The average Bonchev–Trinajstić information content (AvgIpc) is 3.30. The molecule has 0 bridgehead atoms. The quantitative estimate of drug-likeness (QED) is 0.763. The fourth-order valence-electron chi connectivity index (χ4n) is 3.24. The number of amides is 1. The van der Waals surface area contributed by atoms with Gasteiger partial charge in [-0.15, -0.1) is 0 Å². The van der Waals surface area contributed by atoms with Gasteiger partial charge < -0.3 is 10.1 Å². The van der Waals surface area contributed by atoms with Gasteiger partial charge in [0, 0.05) is 31.9 Å². The van der Waals surface area contributed by atoms with Gasteiger partial charge in [0.05, 0.1) is 0 Å². The van der Waals surface area contributed by atoms with E-state index in [1.807, 2.05) is 42.6 Å². The van der Waals surface area contributed by atoms with Gasteiger partial charge in [-0.05, 0) is 29.7 Å². The third-order valence-electron chi connectivity index (χ3n) is 4.56. The van der Waals surface area contributed by atoms with E-state index in [1.54, 1.807) is 10.8 Å². The molecule has 0 spiro atoms. The van der Waals surface area contributed by atoms with Crippen molar-refractivity contribution in [3.63, 3.8) is 0 Å². The molecule has 0 aliphatic carbocycles. The Morgan fingerprint density at radius 1 is 1.23 bits per heavy atom. The summed E-state index contributed by atoms with van der Waals surface area (Å²) in [6.45, 7) is 2.89. The highest BCUT2D eigenvalue weighted by molar-refractivity contribution is 5.67. The predicted octanol–water partition coefficient (Wildman–Crippen LogP) is 2.23. The van der Waals surface area contributed by atoms with Crippen LogP contribution >= 0.6 is 0 Å². The maximum Gasteiger partial charge on any atom is 0.407 e. The molecular formula is C19H21N5O2. The zero-order valence-electron chi connectivity index (χ0n) is 14.4. The van der Waals surface area contributed by atoms with Gasteiger partial charge in [-0.25, -0.2) is 14.3 Å². The van der Waals surface area contributed by atoms with Crippen LogP contribution in [0.15, 0.2) is 55.0 Å². The van der Waals surface area contributed by atoms with Crippen LogP contribution in [0.1, 0.15) is 17.5 Å². The van der Waals surface area contributed by atoms with Crippen LogP contribution in [0.5, 0.6) is 0 Å². The van der Waals surface area contributed by atoms with E-state index in [1.165, 1.54) is 5.56 Å². The molecule has 1 amide bonds. The molecule has 1 N–H and O–H groups in total. The molecular weight excluding hydrogens is 330 g/mol. The van der Waals surface area contributed by atoms with Crippen LogP contribution in [0, 0.1) is 0 Å². The van der Waals surface area contributed by atoms with Gasteiger partial charge in [0.25, 0.3) is 0 Å². The van der Waals surface area contributed by atoms with Crippen LogP contribution in [-0.4, -0.2) is 44.7 Å². The van der Waals surface area contributed by atoms with Crippen molar-refractivity contribution >= 4 is 11.7 Å². The zero-order chi connectivity index (χ0) is 17.8. The molecule has 26 heavy (non-hydrogen) atoms. The Morgan fingerprint density at radius 3 is 3.00 bits per heavy atom. The average molecular weight is 351 g/mol. The minimum absolute atomic E-state index is 0.120. The minimum Gasteiger partial charge on any atom is -0.445 e. The van der Waals surface area contributed by atoms with Gasteiger partial charge in [0.1, 0.15) is 12.9 Å². The van der Waals surface area contributed by atoms with Crippen molar-refractivity contribution in [2.75, 3.05) is 13.1 Å². The molecule has 3 aromatic rings. The molecule has 1 aliphatic rings. The second-order valence-electron chi connectivity index (χ2n) is 6.52. The molecule has 1 unspecified atom stereocenters. The highest BCUT2D eigenvalue weighted by Crippen LogP contribution is 2.14. The van der Waals surface area contributed by atoms with E-state index in [4.69, 9.17) is 4.74 Å². The van der Waals surface area contributed by atoms with Gasteiger partial charge in [-0.3, -0.25) is 4.90 Å². The fraction of sp³-hybridized carbons (Fsp3) is 0.316. The van der Waals surface area contributed by atoms with Crippen LogP contribution in [0.3, 0.4) is 0 Å². The van der Waals surface area contributed by atoms with Gasteiger partial charge in [0.15, 0.2) is 5.65 Å². The number of hydrogen-bond acceptors (Lipinski definition) is 5. The second-order valence-corrected chi connectivity index (χ2v) is 6.52. The van der Waals surface area contributed by atoms with Gasteiger partial charge in [-0.2, -0.15) is 5.10 Å². The van der Waals surface area contributed by atoms with Gasteiger partial charge >= 0.3 is 6.09 Å². The Kier molecular flexibility index (Phi) is 4.79. The monoisotopic (exact) mass is 351 g/mol. The van der Waals surface area contributed by atoms with Crippen molar-refractivity contribution in [1.82, 2.24) is 24.8 Å². The molecule has 7 nitrogen and oxygen atoms in total. The predicted molar refractivity (Wildman–Crippen MR) is 96.4 cm³/mol. The lowest BCUT2D eigenvalue weighted by Gasteiger charge is -2.17. The van der Waals surface area contributed by atoms with E-state index in [0.29, 0.717) is 6.61 Å². The van der Waals surface area contributed by atoms with Crippen LogP contribution < -0.4 is 5.32 Å². The molecule has 1 fully saturated rings. The maximum absolute atomic E-state index is 12.0. The van der Waals surface area contributed by atoms with Crippen molar-refractivity contribution in [2.45, 2.75) is 25.6 Å². The second kappa shape index (κ2) is 7.53. The molecule has 1 atom stereocenters. The lowest BCUT2D eigenvalue weighted by Crippen LogP contribution is -2.37. The molecule has 3 heterocycles. The number of aromatic nitrogens is 3. The number of pyridine rings is 1. The molecule has 2 aromatic heterocycles. The highest BCUT2D eigenvalue weighted by atomic mass is 16.5. The number of nitrogens with zero attached hydrogens (tertiary/aromatic N) is 4. The van der Waals surface area contributed by atoms with Crippen LogP contribution in [-0.2, 0) is 17.9 Å². The molecule has 4 rings (SSSR count). The van der Waals surface area contributed by atoms with Crippen molar-refractivity contribution in [3.8, 4) is 0 Å². The Balaban J connectivity index is 1.24. The van der Waals surface area contributed by atoms with Crippen molar-refractivity contribution < 1.29 is 9.53 Å². The van der Waals surface area contributed by atoms with Crippen molar-refractivity contribution in [1.29, 1.82) is 0 Å². The standard InChI is InChI=1S/C19H21N5O2/c25-19(26-13-15-4-2-1-3-5-15)22-17-7-8-23(12-17)11-16-6-9-24-18(10-16)20-14-21-24/h1-6,9-10,14,17H,7-8,11-13H2,(H,22,25). The summed E-state index contributed by atoms with van der Waals surface area (Å²) in [5, 5.41) is 7.07. The molecule has 7 heteroatoms. The number of ether oxygens (including phenoxy) is 1. The summed E-state index contributed by atoms with van der Waals surface area (Å²) in [5.41, 5.74) is 3.03. The third-order valence-corrected chi connectivity index (χ3v) is 4.56. The van der Waals surface area contributed by atoms with Crippen molar-refractivity contribution in [2.24, 2.45) is 0 Å². The number of fused-ring (bicyclic) bond motifs is 1. The summed E-state index contributed by atoms with van der Waals surface area (Å²) in [6.07, 6.45) is 4.04. The SMILES string of the molecule is O=C(NC1CCN(Cc2ccn3ncnc3c2)C1)OCc1ccccc1. The fourth-order valence-corrected chi connectivity index (χ4v) is 3.24. The lowest BCUT2D eigenvalue weighted by atomic mass is 10.2. The number of carbonyl (C=O) groups is 1. The number of hydrogen-bond donors (Lipinski definition) is 1. The largest absolute Gasteiger partial charge is 0.445 e. The molecule has 1 aliphatic heterocycles. The first-order valence-corrected chi connectivity index (χ1v) is 8.74. The molecule has 134 valence electrons. The summed E-state index contributed by atoms with van der Waals surface area (Å²) >= 11 is 0. The van der Waals surface area contributed by atoms with Crippen molar-refractivity contribution in [3.05, 3.63) is 66.1 Å². The Bertz CT molecular complexity index is 880. The number of alkyl carbamates (subject to hydrolysis) is 1. The van der Waals surface area contributed by atoms with E-state index < -0.39 is 0 Å². The summed E-state index contributed by atoms with van der Waals surface area (Å²) in [7, 11) is 0. The van der Waals surface area contributed by atoms with E-state index >= 15 is 0 Å². The number of rotatable bonds is 5. The number of likely N-dealkylation sites (tertiary alicyclic amines) is 1. The Labute approximate surface area is 151 Å². The smallest absolute Gasteiger partial charge is 0.407 e. The number of nitrogens with one attached hydrogen (secondary N) is 1. The Hall–Kier alpha value is -2.93. The van der Waals surface area contributed by atoms with Gasteiger partial charge in [-0.1, -0.05) is 30.3 Å². The van der Waals surface area contributed by atoms with E-state index in [-0.39, 0.29) is 12.1 Å². The van der Waals surface area contributed by atoms with Gasteiger partial charge in [0.2, 0.25) is 0 Å². The normalized spacial score (nSPS) is 17.5. The number of carbonyl (C=O) groups excluding carboxylic acids is 1.